The Labute approximate surface area is 160 Å². The van der Waals surface area contributed by atoms with Crippen LogP contribution in [0.2, 0.25) is 0 Å². The Morgan fingerprint density at radius 3 is 2.63 bits per heavy atom. The zero-order chi connectivity index (χ0) is 19.8. The molecule has 0 radical (unpaired) electrons. The number of ketones is 1. The number of carbonyl (C=O) groups is 1. The van der Waals surface area contributed by atoms with Gasteiger partial charge in [0.25, 0.3) is 0 Å². The van der Waals surface area contributed by atoms with Gasteiger partial charge < -0.3 is 15.3 Å². The smallest absolute Gasteiger partial charge is 0.155 e. The Balaban J connectivity index is 1.80. The molecular weight excluding hydrogens is 347 g/mol. The summed E-state index contributed by atoms with van der Waals surface area (Å²) in [5, 5.41) is 32.1. The fraction of sp³-hybridized carbons (Fsp3) is 0.773. The van der Waals surface area contributed by atoms with Crippen molar-refractivity contribution in [1.82, 2.24) is 0 Å². The van der Waals surface area contributed by atoms with Crippen LogP contribution in [0.25, 0.3) is 0 Å². The molecule has 0 aromatic carbocycles. The summed E-state index contributed by atoms with van der Waals surface area (Å²) in [4.78, 5) is 11.9. The van der Waals surface area contributed by atoms with E-state index in [4.69, 9.17) is 0 Å². The molecule has 7 atom stereocenters. The van der Waals surface area contributed by atoms with Gasteiger partial charge in [-0.05, 0) is 56.1 Å². The molecule has 0 saturated heterocycles. The van der Waals surface area contributed by atoms with Crippen LogP contribution in [0.3, 0.4) is 0 Å². The fourth-order valence-electron chi connectivity index (χ4n) is 7.29. The molecule has 0 bridgehead atoms. The summed E-state index contributed by atoms with van der Waals surface area (Å²) in [6, 6.07) is 0. The van der Waals surface area contributed by atoms with Crippen molar-refractivity contribution in [2.75, 3.05) is 6.61 Å². The van der Waals surface area contributed by atoms with E-state index in [-0.39, 0.29) is 30.6 Å². The van der Waals surface area contributed by atoms with Crippen molar-refractivity contribution >= 4 is 5.78 Å². The first-order chi connectivity index (χ1) is 12.5. The van der Waals surface area contributed by atoms with Gasteiger partial charge in [-0.1, -0.05) is 26.0 Å². The first kappa shape index (κ1) is 19.3. The normalized spacial score (nSPS) is 51.9. The highest BCUT2D eigenvalue weighted by atomic mass is 19.1. The van der Waals surface area contributed by atoms with Crippen LogP contribution in [0.5, 0.6) is 0 Å². The van der Waals surface area contributed by atoms with E-state index in [0.717, 1.165) is 5.57 Å². The molecule has 4 aliphatic carbocycles. The maximum atomic E-state index is 16.8. The molecule has 4 rings (SSSR count). The summed E-state index contributed by atoms with van der Waals surface area (Å²) in [6.07, 6.45) is 3.60. The number of hydrogen-bond acceptors (Lipinski definition) is 4. The maximum Gasteiger partial charge on any atom is 0.155 e. The van der Waals surface area contributed by atoms with Gasteiger partial charge in [-0.15, -0.1) is 0 Å². The fourth-order valence-corrected chi connectivity index (χ4v) is 7.29. The molecule has 3 N–H and O–H groups in total. The van der Waals surface area contributed by atoms with Gasteiger partial charge in [0.1, 0.15) is 5.67 Å². The zero-order valence-electron chi connectivity index (χ0n) is 16.3. The van der Waals surface area contributed by atoms with Crippen molar-refractivity contribution in [3.63, 3.8) is 0 Å². The number of alkyl halides is 1. The number of allylic oxidation sites excluding steroid dienone is 1. The summed E-state index contributed by atoms with van der Waals surface area (Å²) in [6.45, 7) is 7.36. The first-order valence-corrected chi connectivity index (χ1v) is 10.2. The lowest BCUT2D eigenvalue weighted by atomic mass is 9.43. The molecule has 3 saturated carbocycles. The number of fused-ring (bicyclic) bond motifs is 5. The van der Waals surface area contributed by atoms with E-state index < -0.39 is 28.2 Å². The van der Waals surface area contributed by atoms with Crippen molar-refractivity contribution in [1.29, 1.82) is 0 Å². The average molecular weight is 378 g/mol. The van der Waals surface area contributed by atoms with Crippen LogP contribution in [-0.2, 0) is 4.79 Å². The van der Waals surface area contributed by atoms with Crippen LogP contribution in [0.1, 0.15) is 58.8 Å². The number of rotatable bonds is 2. The summed E-state index contributed by atoms with van der Waals surface area (Å²) >= 11 is 0. The average Bonchev–Trinajstić information content (AvgIpc) is 2.88. The van der Waals surface area contributed by atoms with Gasteiger partial charge in [0.2, 0.25) is 0 Å². The van der Waals surface area contributed by atoms with E-state index in [2.05, 4.69) is 6.58 Å². The molecule has 0 aliphatic heterocycles. The Bertz CT molecular complexity index is 732. The SMILES string of the molecule is C=C(CO)C1(O)CCC2C3CCC4=CC(=O)CCC4(C)C3(F)C(O)CC21C. The standard InChI is InChI=1S/C22H31FO4/c1-13(12-24)21(27)9-7-16-17-5-4-14-10-15(25)6-8-19(14,2)22(17,23)18(26)11-20(16,21)3/h10,16-18,24,26-27H,1,4-9,11-12H2,2-3H3. The van der Waals surface area contributed by atoms with Gasteiger partial charge in [-0.25, -0.2) is 4.39 Å². The molecule has 0 aromatic heterocycles. The van der Waals surface area contributed by atoms with Crippen LogP contribution in [0.4, 0.5) is 4.39 Å². The highest BCUT2D eigenvalue weighted by Gasteiger charge is 2.73. The Hall–Kier alpha value is -1.04. The maximum absolute atomic E-state index is 16.8. The number of aliphatic hydroxyl groups excluding tert-OH is 2. The van der Waals surface area contributed by atoms with E-state index in [1.807, 2.05) is 13.8 Å². The van der Waals surface area contributed by atoms with Crippen molar-refractivity contribution < 1.29 is 24.5 Å². The zero-order valence-corrected chi connectivity index (χ0v) is 16.3. The second-order valence-electron chi connectivity index (χ2n) is 9.79. The van der Waals surface area contributed by atoms with E-state index >= 15 is 4.39 Å². The van der Waals surface area contributed by atoms with E-state index in [1.54, 1.807) is 6.08 Å². The lowest BCUT2D eigenvalue weighted by Gasteiger charge is -2.63. The molecule has 4 nitrogen and oxygen atoms in total. The first-order valence-electron chi connectivity index (χ1n) is 10.2. The molecular formula is C22H31FO4. The van der Waals surface area contributed by atoms with Crippen LogP contribution < -0.4 is 0 Å². The molecule has 0 spiro atoms. The van der Waals surface area contributed by atoms with Crippen molar-refractivity contribution in [2.24, 2.45) is 22.7 Å². The van der Waals surface area contributed by atoms with Gasteiger partial charge in [-0.3, -0.25) is 4.79 Å². The number of hydrogen-bond donors (Lipinski definition) is 3. The number of carbonyl (C=O) groups excluding carboxylic acids is 1. The number of halogens is 1. The van der Waals surface area contributed by atoms with E-state index in [0.29, 0.717) is 44.1 Å². The predicted molar refractivity (Wildman–Crippen MR) is 99.6 cm³/mol. The second-order valence-corrected chi connectivity index (χ2v) is 9.79. The third-order valence-corrected chi connectivity index (χ3v) is 8.97. The van der Waals surface area contributed by atoms with Crippen LogP contribution in [-0.4, -0.2) is 45.1 Å². The summed E-state index contributed by atoms with van der Waals surface area (Å²) in [7, 11) is 0. The Morgan fingerprint density at radius 2 is 1.96 bits per heavy atom. The highest BCUT2D eigenvalue weighted by Crippen LogP contribution is 2.70. The highest BCUT2D eigenvalue weighted by molar-refractivity contribution is 5.91. The summed E-state index contributed by atoms with van der Waals surface area (Å²) in [5.41, 5.74) is -3.43. The summed E-state index contributed by atoms with van der Waals surface area (Å²) < 4.78 is 16.8. The van der Waals surface area contributed by atoms with Gasteiger partial charge in [0.15, 0.2) is 5.78 Å². The Kier molecular flexibility index (Phi) is 4.10. The molecule has 7 unspecified atom stereocenters. The third kappa shape index (κ3) is 2.11. The minimum absolute atomic E-state index is 0.0501. The third-order valence-electron chi connectivity index (χ3n) is 8.97. The van der Waals surface area contributed by atoms with Gasteiger partial charge >= 0.3 is 0 Å². The van der Waals surface area contributed by atoms with Crippen LogP contribution >= 0.6 is 0 Å². The predicted octanol–water partition coefficient (Wildman–Crippen LogP) is 2.86. The van der Waals surface area contributed by atoms with Gasteiger partial charge in [0, 0.05) is 23.2 Å². The molecule has 3 fully saturated rings. The van der Waals surface area contributed by atoms with Crippen molar-refractivity contribution in [3.8, 4) is 0 Å². The van der Waals surface area contributed by atoms with Crippen molar-refractivity contribution in [2.45, 2.75) is 76.2 Å². The molecule has 0 aromatic rings. The summed E-state index contributed by atoms with van der Waals surface area (Å²) in [5.74, 6) is -0.411. The van der Waals surface area contributed by atoms with E-state index in [9.17, 15) is 20.1 Å². The molecule has 27 heavy (non-hydrogen) atoms. The van der Waals surface area contributed by atoms with Gasteiger partial charge in [-0.2, -0.15) is 0 Å². The lowest BCUT2D eigenvalue weighted by molar-refractivity contribution is -0.223. The van der Waals surface area contributed by atoms with E-state index in [1.165, 1.54) is 0 Å². The number of aliphatic hydroxyl groups is 3. The molecule has 0 amide bonds. The topological polar surface area (TPSA) is 77.8 Å². The lowest BCUT2D eigenvalue weighted by Crippen LogP contribution is -2.68. The largest absolute Gasteiger partial charge is 0.392 e. The quantitative estimate of drug-likeness (QED) is 0.646. The second kappa shape index (κ2) is 5.74. The molecule has 5 heteroatoms. The molecule has 4 aliphatic rings. The minimum atomic E-state index is -1.80. The molecule has 0 heterocycles. The minimum Gasteiger partial charge on any atom is -0.392 e. The van der Waals surface area contributed by atoms with Gasteiger partial charge in [0.05, 0.1) is 18.3 Å². The van der Waals surface area contributed by atoms with Crippen LogP contribution in [0, 0.1) is 22.7 Å². The monoisotopic (exact) mass is 378 g/mol. The van der Waals surface area contributed by atoms with Crippen molar-refractivity contribution in [3.05, 3.63) is 23.8 Å². The molecule has 150 valence electrons. The Morgan fingerprint density at radius 1 is 1.26 bits per heavy atom. The van der Waals surface area contributed by atoms with Crippen LogP contribution in [0.15, 0.2) is 23.8 Å².